The fraction of sp³-hybridized carbons (Fsp3) is 0.450. The second kappa shape index (κ2) is 11.1. The Morgan fingerprint density at radius 3 is 2.33 bits per heavy atom. The lowest BCUT2D eigenvalue weighted by Crippen LogP contribution is -2.35. The highest BCUT2D eigenvalue weighted by molar-refractivity contribution is 5.93. The number of hydrogen-bond acceptors (Lipinski definition) is 7. The van der Waals surface area contributed by atoms with Gasteiger partial charge in [0.2, 0.25) is 0 Å². The minimum absolute atomic E-state index is 0.0822. The zero-order valence-corrected chi connectivity index (χ0v) is 16.0. The average Bonchev–Trinajstić information content (AvgIpc) is 2.66. The number of ketones is 1. The van der Waals surface area contributed by atoms with Crippen molar-refractivity contribution in [2.75, 3.05) is 13.2 Å². The Balaban J connectivity index is 2.59. The van der Waals surface area contributed by atoms with E-state index in [1.165, 1.54) is 13.0 Å². The second-order valence-corrected chi connectivity index (χ2v) is 5.99. The van der Waals surface area contributed by atoms with Gasteiger partial charge in [-0.15, -0.1) is 0 Å². The largest absolute Gasteiger partial charge is 0.508 e. The molecular formula is C20H26O7. The zero-order valence-electron chi connectivity index (χ0n) is 16.0. The lowest BCUT2D eigenvalue weighted by molar-refractivity contribution is -0.133. The van der Waals surface area contributed by atoms with E-state index in [1.807, 2.05) is 0 Å². The van der Waals surface area contributed by atoms with Crippen molar-refractivity contribution in [3.05, 3.63) is 47.5 Å². The Morgan fingerprint density at radius 1 is 1.11 bits per heavy atom. The molecule has 0 fully saturated rings. The minimum atomic E-state index is -1.10. The van der Waals surface area contributed by atoms with Crippen LogP contribution in [0.2, 0.25) is 0 Å². The molecule has 148 valence electrons. The quantitative estimate of drug-likeness (QED) is 0.521. The summed E-state index contributed by atoms with van der Waals surface area (Å²) in [5, 5.41) is 10.3. The Kier molecular flexibility index (Phi) is 9.22. The molecule has 0 amide bonds. The fourth-order valence-corrected chi connectivity index (χ4v) is 2.30. The monoisotopic (exact) mass is 378 g/mol. The van der Waals surface area contributed by atoms with Crippen LogP contribution in [0.4, 0.5) is 4.79 Å². The number of ether oxygens (including phenoxy) is 3. The van der Waals surface area contributed by atoms with Crippen LogP contribution in [0.1, 0.15) is 38.1 Å². The second-order valence-electron chi connectivity index (χ2n) is 5.99. The summed E-state index contributed by atoms with van der Waals surface area (Å²) in [4.78, 5) is 35.6. The van der Waals surface area contributed by atoms with Gasteiger partial charge < -0.3 is 19.3 Å². The Bertz CT molecular complexity index is 666. The molecule has 1 aromatic rings. The summed E-state index contributed by atoms with van der Waals surface area (Å²) in [6.07, 6.45) is -1.42. The van der Waals surface area contributed by atoms with Gasteiger partial charge in [-0.1, -0.05) is 25.1 Å². The molecule has 7 heteroatoms. The van der Waals surface area contributed by atoms with Crippen molar-refractivity contribution in [1.82, 2.24) is 0 Å². The minimum Gasteiger partial charge on any atom is -0.451 e. The molecule has 0 radical (unpaired) electrons. The van der Waals surface area contributed by atoms with Crippen LogP contribution in [0.25, 0.3) is 0 Å². The Hall–Kier alpha value is -2.67. The first kappa shape index (κ1) is 22.4. The standard InChI is InChI=1S/C20H26O7/c1-5-25-20(24)26-12-11-13(2)17(21)14(3)18(22)15(4)27-19(23)16-9-7-6-8-10-16/h6-11,14-15,17,21H,5,12H2,1-4H3/b13-11+/t14-,15+,17-/m1/s1. The van der Waals surface area contributed by atoms with Crippen LogP contribution >= 0.6 is 0 Å². The van der Waals surface area contributed by atoms with Gasteiger partial charge in [0.15, 0.2) is 11.9 Å². The summed E-state index contributed by atoms with van der Waals surface area (Å²) in [5.74, 6) is -1.82. The Morgan fingerprint density at radius 2 is 1.74 bits per heavy atom. The average molecular weight is 378 g/mol. The third-order valence-electron chi connectivity index (χ3n) is 3.95. The highest BCUT2D eigenvalue weighted by Crippen LogP contribution is 2.17. The van der Waals surface area contributed by atoms with Gasteiger partial charge in [-0.05, 0) is 44.6 Å². The van der Waals surface area contributed by atoms with Crippen LogP contribution in [0.5, 0.6) is 0 Å². The number of rotatable bonds is 9. The van der Waals surface area contributed by atoms with E-state index in [0.29, 0.717) is 11.1 Å². The molecule has 0 heterocycles. The molecule has 0 aromatic heterocycles. The summed E-state index contributed by atoms with van der Waals surface area (Å²) in [6.45, 7) is 6.41. The highest BCUT2D eigenvalue weighted by Gasteiger charge is 2.29. The highest BCUT2D eigenvalue weighted by atomic mass is 16.7. The molecule has 1 aromatic carbocycles. The summed E-state index contributed by atoms with van der Waals surface area (Å²) < 4.78 is 14.6. The van der Waals surface area contributed by atoms with Crippen LogP contribution in [0.15, 0.2) is 42.0 Å². The van der Waals surface area contributed by atoms with Crippen molar-refractivity contribution in [3.63, 3.8) is 0 Å². The molecule has 0 spiro atoms. The molecule has 3 atom stereocenters. The molecule has 0 aliphatic rings. The first-order valence-corrected chi connectivity index (χ1v) is 8.71. The number of carbonyl (C=O) groups excluding carboxylic acids is 3. The maximum Gasteiger partial charge on any atom is 0.508 e. The van der Waals surface area contributed by atoms with E-state index in [0.717, 1.165) is 0 Å². The van der Waals surface area contributed by atoms with Crippen LogP contribution in [0, 0.1) is 5.92 Å². The normalized spacial score (nSPS) is 14.6. The third kappa shape index (κ3) is 7.22. The van der Waals surface area contributed by atoms with Gasteiger partial charge in [0, 0.05) is 5.92 Å². The molecule has 27 heavy (non-hydrogen) atoms. The Labute approximate surface area is 158 Å². The van der Waals surface area contributed by atoms with Gasteiger partial charge in [-0.25, -0.2) is 9.59 Å². The predicted octanol–water partition coefficient (Wildman–Crippen LogP) is 2.92. The molecule has 0 unspecified atom stereocenters. The van der Waals surface area contributed by atoms with Crippen LogP contribution in [-0.2, 0) is 19.0 Å². The maximum absolute atomic E-state index is 12.5. The summed E-state index contributed by atoms with van der Waals surface area (Å²) in [7, 11) is 0. The molecule has 0 bridgehead atoms. The molecular weight excluding hydrogens is 352 g/mol. The lowest BCUT2D eigenvalue weighted by Gasteiger charge is -2.22. The number of Topliss-reactive ketones (excluding diaryl/α,β-unsaturated/α-hetero) is 1. The fourth-order valence-electron chi connectivity index (χ4n) is 2.30. The van der Waals surface area contributed by atoms with Gasteiger partial charge in [0.1, 0.15) is 6.61 Å². The van der Waals surface area contributed by atoms with E-state index in [9.17, 15) is 19.5 Å². The van der Waals surface area contributed by atoms with Crippen LogP contribution < -0.4 is 0 Å². The first-order chi connectivity index (χ1) is 12.8. The zero-order chi connectivity index (χ0) is 20.4. The van der Waals surface area contributed by atoms with E-state index < -0.39 is 36.0 Å². The van der Waals surface area contributed by atoms with E-state index in [2.05, 4.69) is 4.74 Å². The van der Waals surface area contributed by atoms with Gasteiger partial charge in [-0.2, -0.15) is 0 Å². The number of aliphatic hydroxyl groups is 1. The molecule has 0 aliphatic heterocycles. The van der Waals surface area contributed by atoms with Crippen molar-refractivity contribution in [2.24, 2.45) is 5.92 Å². The molecule has 0 saturated carbocycles. The van der Waals surface area contributed by atoms with Gasteiger partial charge >= 0.3 is 12.1 Å². The van der Waals surface area contributed by atoms with Gasteiger partial charge in [-0.3, -0.25) is 4.79 Å². The summed E-state index contributed by atoms with van der Waals surface area (Å²) >= 11 is 0. The summed E-state index contributed by atoms with van der Waals surface area (Å²) in [6, 6.07) is 8.34. The molecule has 1 N–H and O–H groups in total. The van der Waals surface area contributed by atoms with Crippen molar-refractivity contribution in [2.45, 2.75) is 39.9 Å². The molecule has 0 saturated heterocycles. The van der Waals surface area contributed by atoms with Crippen molar-refractivity contribution in [1.29, 1.82) is 0 Å². The third-order valence-corrected chi connectivity index (χ3v) is 3.95. The predicted molar refractivity (Wildman–Crippen MR) is 98.2 cm³/mol. The van der Waals surface area contributed by atoms with E-state index in [-0.39, 0.29) is 13.2 Å². The number of carbonyl (C=O) groups is 3. The number of aliphatic hydroxyl groups excluding tert-OH is 1. The number of esters is 1. The number of benzene rings is 1. The number of hydrogen-bond donors (Lipinski definition) is 1. The smallest absolute Gasteiger partial charge is 0.451 e. The topological polar surface area (TPSA) is 99.1 Å². The van der Waals surface area contributed by atoms with Crippen LogP contribution in [-0.4, -0.2) is 48.4 Å². The summed E-state index contributed by atoms with van der Waals surface area (Å²) in [5.41, 5.74) is 0.805. The SMILES string of the molecule is CCOC(=O)OC/C=C(\C)[C@@H](O)[C@@H](C)C(=O)[C@H](C)OC(=O)c1ccccc1. The van der Waals surface area contributed by atoms with E-state index in [1.54, 1.807) is 51.1 Å². The first-order valence-electron chi connectivity index (χ1n) is 8.71. The molecule has 7 nitrogen and oxygen atoms in total. The molecule has 0 aliphatic carbocycles. The van der Waals surface area contributed by atoms with Crippen LogP contribution in [0.3, 0.4) is 0 Å². The van der Waals surface area contributed by atoms with Gasteiger partial charge in [0.05, 0.1) is 18.3 Å². The van der Waals surface area contributed by atoms with Crippen molar-refractivity contribution < 1.29 is 33.7 Å². The van der Waals surface area contributed by atoms with Gasteiger partial charge in [0.25, 0.3) is 0 Å². The molecule has 1 rings (SSSR count). The van der Waals surface area contributed by atoms with E-state index >= 15 is 0 Å². The lowest BCUT2D eigenvalue weighted by atomic mass is 9.92. The van der Waals surface area contributed by atoms with E-state index in [4.69, 9.17) is 9.47 Å². The van der Waals surface area contributed by atoms with Crippen molar-refractivity contribution in [3.8, 4) is 0 Å². The van der Waals surface area contributed by atoms with Crippen molar-refractivity contribution >= 4 is 17.9 Å². The maximum atomic E-state index is 12.5.